The molecule has 1 aliphatic heterocycles. The molecule has 0 aliphatic carbocycles. The number of ether oxygens (including phenoxy) is 1. The average molecular weight is 545 g/mol. The lowest BCUT2D eigenvalue weighted by molar-refractivity contribution is 0.0628. The zero-order valence-corrected chi connectivity index (χ0v) is 22.7. The van der Waals surface area contributed by atoms with Gasteiger partial charge in [-0.05, 0) is 60.5 Å². The number of carbonyl (C=O) groups is 1. The third kappa shape index (κ3) is 6.38. The predicted molar refractivity (Wildman–Crippen MR) is 152 cm³/mol. The molecule has 2 heterocycles. The van der Waals surface area contributed by atoms with Crippen molar-refractivity contribution < 1.29 is 17.9 Å². The predicted octanol–water partition coefficient (Wildman–Crippen LogP) is 4.78. The van der Waals surface area contributed by atoms with Crippen molar-refractivity contribution in [3.05, 3.63) is 96.2 Å². The van der Waals surface area contributed by atoms with Crippen molar-refractivity contribution in [1.82, 2.24) is 14.8 Å². The third-order valence-electron chi connectivity index (χ3n) is 6.73. The minimum absolute atomic E-state index is 0.0558. The molecule has 202 valence electrons. The van der Waals surface area contributed by atoms with Crippen molar-refractivity contribution >= 4 is 32.5 Å². The van der Waals surface area contributed by atoms with Crippen molar-refractivity contribution in [2.45, 2.75) is 24.8 Å². The van der Waals surface area contributed by atoms with Crippen molar-refractivity contribution in [3.8, 4) is 5.75 Å². The van der Waals surface area contributed by atoms with E-state index in [-0.39, 0.29) is 10.8 Å². The van der Waals surface area contributed by atoms with E-state index in [0.29, 0.717) is 29.9 Å². The number of nitrogens with one attached hydrogen (secondary N) is 1. The normalized spacial score (nSPS) is 14.3. The number of hydrogen-bond donors (Lipinski definition) is 1. The molecule has 1 aliphatic rings. The van der Waals surface area contributed by atoms with Crippen LogP contribution in [-0.4, -0.2) is 61.9 Å². The quantitative estimate of drug-likeness (QED) is 0.326. The van der Waals surface area contributed by atoms with Crippen LogP contribution in [0.1, 0.15) is 29.3 Å². The number of nitrogens with zero attached hydrogens (tertiary/aromatic N) is 3. The molecule has 0 unspecified atom stereocenters. The number of pyridine rings is 1. The van der Waals surface area contributed by atoms with E-state index < -0.39 is 10.0 Å². The summed E-state index contributed by atoms with van der Waals surface area (Å²) < 4.78 is 34.4. The highest BCUT2D eigenvalue weighted by Crippen LogP contribution is 2.24. The van der Waals surface area contributed by atoms with Gasteiger partial charge in [0.1, 0.15) is 10.6 Å². The fourth-order valence-corrected chi connectivity index (χ4v) is 5.88. The summed E-state index contributed by atoms with van der Waals surface area (Å²) >= 11 is 0. The first-order chi connectivity index (χ1) is 18.9. The van der Waals surface area contributed by atoms with Crippen LogP contribution in [-0.2, 0) is 16.6 Å². The highest BCUT2D eigenvalue weighted by Gasteiger charge is 2.23. The standard InChI is InChI=1S/C30H32N4O4S/c1-2-21-38-27-14-8-23(9-15-27)22-33-17-19-34(20-18-33)30(35)25-10-12-26(13-11-25)32-39(36,37)28-7-3-5-24-6-4-16-31-29(24)28/h3-16,32H,2,17-22H2,1H3. The van der Waals surface area contributed by atoms with E-state index in [9.17, 15) is 13.2 Å². The topological polar surface area (TPSA) is 91.8 Å². The highest BCUT2D eigenvalue weighted by molar-refractivity contribution is 7.93. The summed E-state index contributed by atoms with van der Waals surface area (Å²) in [5, 5.41) is 0.747. The van der Waals surface area contributed by atoms with Crippen molar-refractivity contribution in [3.63, 3.8) is 0 Å². The van der Waals surface area contributed by atoms with Crippen LogP contribution in [0.3, 0.4) is 0 Å². The number of sulfonamides is 1. The molecular formula is C30H32N4O4S. The van der Waals surface area contributed by atoms with Gasteiger partial charge in [0, 0.05) is 55.6 Å². The molecule has 1 amide bonds. The first-order valence-electron chi connectivity index (χ1n) is 13.1. The van der Waals surface area contributed by atoms with Gasteiger partial charge >= 0.3 is 0 Å². The SMILES string of the molecule is CCCOc1ccc(CN2CCN(C(=O)c3ccc(NS(=O)(=O)c4cccc5cccnc45)cc3)CC2)cc1. The maximum absolute atomic E-state index is 13.1. The fraction of sp³-hybridized carbons (Fsp3) is 0.267. The van der Waals surface area contributed by atoms with Crippen molar-refractivity contribution in [1.29, 1.82) is 0 Å². The molecular weight excluding hydrogens is 512 g/mol. The second kappa shape index (κ2) is 11.8. The zero-order valence-electron chi connectivity index (χ0n) is 21.9. The Labute approximate surface area is 229 Å². The molecule has 0 saturated carbocycles. The number of amides is 1. The maximum atomic E-state index is 13.1. The molecule has 1 aromatic heterocycles. The summed E-state index contributed by atoms with van der Waals surface area (Å²) in [6.07, 6.45) is 2.56. The summed E-state index contributed by atoms with van der Waals surface area (Å²) in [6.45, 7) is 6.49. The molecule has 0 atom stereocenters. The Morgan fingerprint density at radius 2 is 1.64 bits per heavy atom. The van der Waals surface area contributed by atoms with Gasteiger partial charge in [-0.15, -0.1) is 0 Å². The number of hydrogen-bond acceptors (Lipinski definition) is 6. The monoisotopic (exact) mass is 544 g/mol. The van der Waals surface area contributed by atoms with Crippen LogP contribution in [0.25, 0.3) is 10.9 Å². The first-order valence-corrected chi connectivity index (χ1v) is 14.6. The van der Waals surface area contributed by atoms with Gasteiger partial charge in [0.05, 0.1) is 12.1 Å². The lowest BCUT2D eigenvalue weighted by Crippen LogP contribution is -2.48. The van der Waals surface area contributed by atoms with Gasteiger partial charge in [-0.3, -0.25) is 19.4 Å². The molecule has 5 rings (SSSR count). The minimum atomic E-state index is -3.85. The van der Waals surface area contributed by atoms with Crippen molar-refractivity contribution in [2.75, 3.05) is 37.5 Å². The summed E-state index contributed by atoms with van der Waals surface area (Å²) in [7, 11) is -3.85. The zero-order chi connectivity index (χ0) is 27.2. The smallest absolute Gasteiger partial charge is 0.264 e. The first kappa shape index (κ1) is 26.6. The summed E-state index contributed by atoms with van der Waals surface area (Å²) in [4.78, 5) is 21.6. The van der Waals surface area contributed by atoms with E-state index in [4.69, 9.17) is 4.74 Å². The molecule has 1 saturated heterocycles. The van der Waals surface area contributed by atoms with E-state index in [1.54, 1.807) is 42.6 Å². The van der Waals surface area contributed by atoms with E-state index >= 15 is 0 Å². The molecule has 0 spiro atoms. The number of carbonyl (C=O) groups excluding carboxylic acids is 1. The van der Waals surface area contributed by atoms with Gasteiger partial charge in [0.2, 0.25) is 0 Å². The lowest BCUT2D eigenvalue weighted by atomic mass is 10.1. The van der Waals surface area contributed by atoms with Crippen LogP contribution < -0.4 is 9.46 Å². The minimum Gasteiger partial charge on any atom is -0.494 e. The van der Waals surface area contributed by atoms with Crippen LogP contribution in [0, 0.1) is 0 Å². The van der Waals surface area contributed by atoms with E-state index in [0.717, 1.165) is 43.8 Å². The molecule has 8 nitrogen and oxygen atoms in total. The molecule has 3 aromatic carbocycles. The second-order valence-corrected chi connectivity index (χ2v) is 11.2. The maximum Gasteiger partial charge on any atom is 0.264 e. The van der Waals surface area contributed by atoms with Crippen LogP contribution >= 0.6 is 0 Å². The average Bonchev–Trinajstić information content (AvgIpc) is 2.97. The van der Waals surface area contributed by atoms with E-state index in [1.165, 1.54) is 11.6 Å². The Morgan fingerprint density at radius 1 is 0.923 bits per heavy atom. The van der Waals surface area contributed by atoms with Gasteiger partial charge < -0.3 is 9.64 Å². The molecule has 1 fully saturated rings. The van der Waals surface area contributed by atoms with E-state index in [1.807, 2.05) is 29.2 Å². The molecule has 4 aromatic rings. The summed E-state index contributed by atoms with van der Waals surface area (Å²) in [5.41, 5.74) is 2.55. The Morgan fingerprint density at radius 3 is 2.36 bits per heavy atom. The molecule has 1 N–H and O–H groups in total. The molecule has 0 radical (unpaired) electrons. The Hall–Kier alpha value is -3.95. The van der Waals surface area contributed by atoms with Gasteiger partial charge in [0.25, 0.3) is 15.9 Å². The summed E-state index contributed by atoms with van der Waals surface area (Å²) in [5.74, 6) is 0.833. The highest BCUT2D eigenvalue weighted by atomic mass is 32.2. The second-order valence-electron chi connectivity index (χ2n) is 9.57. The van der Waals surface area contributed by atoms with Gasteiger partial charge in [-0.25, -0.2) is 8.42 Å². The molecule has 9 heteroatoms. The van der Waals surface area contributed by atoms with Crippen molar-refractivity contribution in [2.24, 2.45) is 0 Å². The Balaban J connectivity index is 1.16. The number of piperazine rings is 1. The largest absolute Gasteiger partial charge is 0.494 e. The number of aromatic nitrogens is 1. The fourth-order valence-electron chi connectivity index (χ4n) is 4.64. The Bertz CT molecular complexity index is 1530. The lowest BCUT2D eigenvalue weighted by Gasteiger charge is -2.34. The number of benzene rings is 3. The van der Waals surface area contributed by atoms with Gasteiger partial charge in [0.15, 0.2) is 0 Å². The van der Waals surface area contributed by atoms with Gasteiger partial charge in [-0.2, -0.15) is 0 Å². The van der Waals surface area contributed by atoms with E-state index in [2.05, 4.69) is 33.7 Å². The molecule has 39 heavy (non-hydrogen) atoms. The van der Waals surface area contributed by atoms with Crippen LogP contribution in [0.2, 0.25) is 0 Å². The van der Waals surface area contributed by atoms with Crippen LogP contribution in [0.4, 0.5) is 5.69 Å². The Kier molecular flexibility index (Phi) is 8.09. The number of anilines is 1. The number of rotatable bonds is 9. The van der Waals surface area contributed by atoms with Gasteiger partial charge in [-0.1, -0.05) is 37.3 Å². The molecule has 0 bridgehead atoms. The number of fused-ring (bicyclic) bond motifs is 1. The summed E-state index contributed by atoms with van der Waals surface area (Å²) in [6, 6.07) is 23.4. The van der Waals surface area contributed by atoms with Crippen LogP contribution in [0.15, 0.2) is 90.0 Å². The number of para-hydroxylation sites is 1. The third-order valence-corrected chi connectivity index (χ3v) is 8.14. The van der Waals surface area contributed by atoms with Crippen LogP contribution in [0.5, 0.6) is 5.75 Å².